The number of aliphatic hydroxyl groups is 1. The van der Waals surface area contributed by atoms with Gasteiger partial charge in [0.1, 0.15) is 0 Å². The summed E-state index contributed by atoms with van der Waals surface area (Å²) in [5.41, 5.74) is 0.0869. The van der Waals surface area contributed by atoms with Crippen molar-refractivity contribution in [1.29, 1.82) is 0 Å². The largest absolute Gasteiger partial charge is 0.490 e. The van der Waals surface area contributed by atoms with Crippen LogP contribution in [0.5, 0.6) is 0 Å². The van der Waals surface area contributed by atoms with E-state index in [1.807, 2.05) is 0 Å². The summed E-state index contributed by atoms with van der Waals surface area (Å²) in [5.74, 6) is -3.04. The molecule has 2 unspecified atom stereocenters. The second-order valence-corrected chi connectivity index (χ2v) is 5.09. The minimum Gasteiger partial charge on any atom is -0.490 e. The Morgan fingerprint density at radius 3 is 2.54 bits per heavy atom. The number of methoxy groups -OCH3 is 2. The van der Waals surface area contributed by atoms with Gasteiger partial charge in [-0.1, -0.05) is 36.4 Å². The van der Waals surface area contributed by atoms with Crippen LogP contribution in [0.1, 0.15) is 10.4 Å². The van der Waals surface area contributed by atoms with Gasteiger partial charge in [-0.3, -0.25) is 14.9 Å². The van der Waals surface area contributed by atoms with E-state index in [4.69, 9.17) is 9.47 Å². The first kappa shape index (κ1) is 17.6. The van der Waals surface area contributed by atoms with Crippen molar-refractivity contribution in [3.05, 3.63) is 81.8 Å². The Morgan fingerprint density at radius 1 is 1.33 bits per heavy atom. The van der Waals surface area contributed by atoms with Gasteiger partial charge in [-0.15, -0.1) is 0 Å². The van der Waals surface area contributed by atoms with Gasteiger partial charge in [0, 0.05) is 12.7 Å². The van der Waals surface area contributed by atoms with Crippen molar-refractivity contribution in [2.24, 2.45) is 5.92 Å². The molecule has 2 rings (SSSR count). The Morgan fingerprint density at radius 2 is 2.00 bits per heavy atom. The SMILES string of the molecule is COC1=CC(/C=C/C(=O)c2ccccc2)C(O)(OC)C=C1[N+](=O)[O-]. The molecule has 0 saturated carbocycles. The average molecular weight is 331 g/mol. The second-order valence-electron chi connectivity index (χ2n) is 5.09. The van der Waals surface area contributed by atoms with Gasteiger partial charge in [0.05, 0.1) is 24.0 Å². The first-order valence-electron chi connectivity index (χ1n) is 7.10. The lowest BCUT2D eigenvalue weighted by Crippen LogP contribution is -2.39. The molecule has 1 N–H and O–H groups in total. The van der Waals surface area contributed by atoms with E-state index in [1.54, 1.807) is 30.3 Å². The van der Waals surface area contributed by atoms with E-state index in [0.717, 1.165) is 6.08 Å². The molecular formula is C17H17NO6. The molecule has 126 valence electrons. The predicted molar refractivity (Wildman–Crippen MR) is 85.5 cm³/mol. The van der Waals surface area contributed by atoms with Gasteiger partial charge < -0.3 is 14.6 Å². The van der Waals surface area contributed by atoms with Crippen LogP contribution < -0.4 is 0 Å². The third-order valence-corrected chi connectivity index (χ3v) is 3.66. The zero-order valence-corrected chi connectivity index (χ0v) is 13.2. The molecule has 1 aromatic rings. The van der Waals surface area contributed by atoms with Crippen LogP contribution in [0.3, 0.4) is 0 Å². The fourth-order valence-corrected chi connectivity index (χ4v) is 2.32. The van der Waals surface area contributed by atoms with E-state index < -0.39 is 22.3 Å². The van der Waals surface area contributed by atoms with Crippen LogP contribution in [0.15, 0.2) is 66.1 Å². The van der Waals surface area contributed by atoms with Crippen LogP contribution in [0.4, 0.5) is 0 Å². The van der Waals surface area contributed by atoms with Crippen LogP contribution >= 0.6 is 0 Å². The molecule has 2 atom stereocenters. The molecule has 0 aromatic heterocycles. The van der Waals surface area contributed by atoms with E-state index >= 15 is 0 Å². The number of carbonyl (C=O) groups is 1. The van der Waals surface area contributed by atoms with Crippen LogP contribution in [0.2, 0.25) is 0 Å². The molecule has 0 spiro atoms. The number of carbonyl (C=O) groups excluding carboxylic acids is 1. The molecule has 0 bridgehead atoms. The van der Waals surface area contributed by atoms with Gasteiger partial charge in [-0.05, 0) is 12.2 Å². The number of ketones is 1. The van der Waals surface area contributed by atoms with Crippen LogP contribution in [-0.2, 0) is 9.47 Å². The van der Waals surface area contributed by atoms with Gasteiger partial charge in [0.2, 0.25) is 5.79 Å². The molecule has 0 radical (unpaired) electrons. The lowest BCUT2D eigenvalue weighted by Gasteiger charge is -2.30. The normalized spacial score (nSPS) is 23.5. The summed E-state index contributed by atoms with van der Waals surface area (Å²) >= 11 is 0. The average Bonchev–Trinajstić information content (AvgIpc) is 2.60. The zero-order chi connectivity index (χ0) is 17.7. The predicted octanol–water partition coefficient (Wildman–Crippen LogP) is 2.08. The molecule has 1 aliphatic carbocycles. The van der Waals surface area contributed by atoms with Crippen molar-refractivity contribution in [2.75, 3.05) is 14.2 Å². The molecule has 0 fully saturated rings. The first-order valence-corrected chi connectivity index (χ1v) is 7.10. The van der Waals surface area contributed by atoms with Crippen molar-refractivity contribution >= 4 is 5.78 Å². The number of benzene rings is 1. The molecule has 7 nitrogen and oxygen atoms in total. The number of nitrogens with zero attached hydrogens (tertiary/aromatic N) is 1. The zero-order valence-electron chi connectivity index (χ0n) is 13.2. The summed E-state index contributed by atoms with van der Waals surface area (Å²) in [5, 5.41) is 21.6. The molecule has 1 aliphatic rings. The lowest BCUT2D eigenvalue weighted by atomic mass is 9.90. The fourth-order valence-electron chi connectivity index (χ4n) is 2.32. The summed E-state index contributed by atoms with van der Waals surface area (Å²) < 4.78 is 10.0. The quantitative estimate of drug-likeness (QED) is 0.282. The van der Waals surface area contributed by atoms with Crippen molar-refractivity contribution < 1.29 is 24.3 Å². The maximum Gasteiger partial charge on any atom is 0.312 e. The highest BCUT2D eigenvalue weighted by atomic mass is 16.6. The van der Waals surface area contributed by atoms with Gasteiger partial charge in [0.15, 0.2) is 11.5 Å². The van der Waals surface area contributed by atoms with Crippen molar-refractivity contribution in [3.63, 3.8) is 0 Å². The van der Waals surface area contributed by atoms with Crippen LogP contribution in [0.25, 0.3) is 0 Å². The lowest BCUT2D eigenvalue weighted by molar-refractivity contribution is -0.426. The van der Waals surface area contributed by atoms with E-state index in [9.17, 15) is 20.0 Å². The number of hydrogen-bond acceptors (Lipinski definition) is 6. The van der Waals surface area contributed by atoms with Crippen LogP contribution in [-0.4, -0.2) is 35.8 Å². The first-order chi connectivity index (χ1) is 11.4. The summed E-state index contributed by atoms with van der Waals surface area (Å²) in [6.45, 7) is 0. The molecule has 0 amide bonds. The molecule has 24 heavy (non-hydrogen) atoms. The molecular weight excluding hydrogens is 314 g/mol. The third-order valence-electron chi connectivity index (χ3n) is 3.66. The number of ether oxygens (including phenoxy) is 2. The van der Waals surface area contributed by atoms with E-state index in [0.29, 0.717) is 5.56 Å². The van der Waals surface area contributed by atoms with Crippen molar-refractivity contribution in [2.45, 2.75) is 5.79 Å². The van der Waals surface area contributed by atoms with Crippen molar-refractivity contribution in [3.8, 4) is 0 Å². The maximum absolute atomic E-state index is 12.1. The standard InChI is InChI=1S/C17H17NO6/c1-23-16-10-13(17(20,24-2)11-14(16)18(21)22)8-9-15(19)12-6-4-3-5-7-12/h3-11,13,20H,1-2H3/b9-8+. The molecule has 0 aliphatic heterocycles. The second kappa shape index (κ2) is 7.20. The van der Waals surface area contributed by atoms with Crippen LogP contribution in [0, 0.1) is 16.0 Å². The van der Waals surface area contributed by atoms with Gasteiger partial charge >= 0.3 is 5.70 Å². The minimum absolute atomic E-state index is 0.0106. The Balaban J connectivity index is 2.31. The highest BCUT2D eigenvalue weighted by Gasteiger charge is 2.41. The summed E-state index contributed by atoms with van der Waals surface area (Å²) in [4.78, 5) is 22.5. The Kier molecular flexibility index (Phi) is 5.28. The topological polar surface area (TPSA) is 98.9 Å². The monoisotopic (exact) mass is 331 g/mol. The number of allylic oxidation sites excluding steroid dienone is 1. The summed E-state index contributed by atoms with van der Waals surface area (Å²) in [6, 6.07) is 8.60. The van der Waals surface area contributed by atoms with Gasteiger partial charge in [0.25, 0.3) is 0 Å². The minimum atomic E-state index is -1.95. The molecule has 1 aromatic carbocycles. The smallest absolute Gasteiger partial charge is 0.312 e. The number of rotatable bonds is 6. The maximum atomic E-state index is 12.1. The summed E-state index contributed by atoms with van der Waals surface area (Å²) in [7, 11) is 2.51. The van der Waals surface area contributed by atoms with E-state index in [-0.39, 0.29) is 11.5 Å². The highest BCUT2D eigenvalue weighted by molar-refractivity contribution is 6.04. The summed E-state index contributed by atoms with van der Waals surface area (Å²) in [6.07, 6.45) is 5.02. The Bertz CT molecular complexity index is 722. The fraction of sp³-hybridized carbons (Fsp3) is 0.235. The molecule has 0 heterocycles. The molecule has 7 heteroatoms. The van der Waals surface area contributed by atoms with E-state index in [1.165, 1.54) is 32.4 Å². The Labute approximate surface area is 138 Å². The Hall–Kier alpha value is -2.77. The highest BCUT2D eigenvalue weighted by Crippen LogP contribution is 2.33. The van der Waals surface area contributed by atoms with Gasteiger partial charge in [-0.25, -0.2) is 0 Å². The molecule has 0 saturated heterocycles. The third kappa shape index (κ3) is 3.58. The number of nitro groups is 1. The van der Waals surface area contributed by atoms with E-state index in [2.05, 4.69) is 0 Å². The number of hydrogen-bond donors (Lipinski definition) is 1. The van der Waals surface area contributed by atoms with Gasteiger partial charge in [-0.2, -0.15) is 0 Å². The van der Waals surface area contributed by atoms with Crippen molar-refractivity contribution in [1.82, 2.24) is 0 Å².